The molecule has 0 aliphatic carbocycles. The maximum atomic E-state index is 13.2. The molecule has 100 valence electrons. The molecule has 0 aliphatic rings. The number of rotatable bonds is 6. The fourth-order valence-corrected chi connectivity index (χ4v) is 1.42. The fraction of sp³-hybridized carbons (Fsp3) is 0.462. The summed E-state index contributed by atoms with van der Waals surface area (Å²) in [5.74, 6) is -0.343. The number of halogens is 1. The second kappa shape index (κ2) is 6.96. The van der Waals surface area contributed by atoms with Gasteiger partial charge in [-0.1, -0.05) is 19.1 Å². The molecule has 18 heavy (non-hydrogen) atoms. The van der Waals surface area contributed by atoms with Gasteiger partial charge in [0.2, 0.25) is 5.91 Å². The van der Waals surface area contributed by atoms with Gasteiger partial charge in [0.1, 0.15) is 6.61 Å². The van der Waals surface area contributed by atoms with Gasteiger partial charge in [-0.05, 0) is 18.6 Å². The molecule has 1 amide bonds. The van der Waals surface area contributed by atoms with Crippen molar-refractivity contribution in [3.63, 3.8) is 0 Å². The van der Waals surface area contributed by atoms with Crippen LogP contribution in [0.15, 0.2) is 24.3 Å². The van der Waals surface area contributed by atoms with Crippen molar-refractivity contribution in [3.8, 4) is 5.75 Å². The number of para-hydroxylation sites is 1. The van der Waals surface area contributed by atoms with Crippen molar-refractivity contribution in [2.75, 3.05) is 20.2 Å². The van der Waals surface area contributed by atoms with Crippen LogP contribution in [0.1, 0.15) is 13.3 Å². The molecule has 0 saturated carbocycles. The number of nitrogens with two attached hydrogens (primary N) is 1. The SMILES string of the molecule is CC[C@H](N)C(=O)N(C)CCOc1ccccc1F. The summed E-state index contributed by atoms with van der Waals surface area (Å²) < 4.78 is 18.5. The van der Waals surface area contributed by atoms with Crippen LogP contribution in [-0.2, 0) is 4.79 Å². The Balaban J connectivity index is 2.38. The molecule has 0 heterocycles. The normalized spacial score (nSPS) is 12.0. The van der Waals surface area contributed by atoms with E-state index in [0.29, 0.717) is 13.0 Å². The Labute approximate surface area is 107 Å². The van der Waals surface area contributed by atoms with Gasteiger partial charge in [0.25, 0.3) is 0 Å². The molecular formula is C13H19FN2O2. The first kappa shape index (κ1) is 14.4. The quantitative estimate of drug-likeness (QED) is 0.835. The Morgan fingerprint density at radius 2 is 2.17 bits per heavy atom. The van der Waals surface area contributed by atoms with Gasteiger partial charge in [-0.15, -0.1) is 0 Å². The molecular weight excluding hydrogens is 235 g/mol. The molecule has 4 nitrogen and oxygen atoms in total. The van der Waals surface area contributed by atoms with Crippen LogP contribution < -0.4 is 10.5 Å². The standard InChI is InChI=1S/C13H19FN2O2/c1-3-11(15)13(17)16(2)8-9-18-12-7-5-4-6-10(12)14/h4-7,11H,3,8-9,15H2,1-2H3/t11-/m0/s1. The van der Waals surface area contributed by atoms with Crippen LogP contribution in [0.3, 0.4) is 0 Å². The van der Waals surface area contributed by atoms with Gasteiger partial charge < -0.3 is 15.4 Å². The highest BCUT2D eigenvalue weighted by molar-refractivity contribution is 5.81. The van der Waals surface area contributed by atoms with E-state index in [1.807, 2.05) is 6.92 Å². The third kappa shape index (κ3) is 4.00. The van der Waals surface area contributed by atoms with E-state index < -0.39 is 11.9 Å². The zero-order valence-electron chi connectivity index (χ0n) is 10.7. The molecule has 2 N–H and O–H groups in total. The summed E-state index contributed by atoms with van der Waals surface area (Å²) in [6.07, 6.45) is 0.595. The molecule has 0 spiro atoms. The predicted molar refractivity (Wildman–Crippen MR) is 67.8 cm³/mol. The number of likely N-dealkylation sites (N-methyl/N-ethyl adjacent to an activating group) is 1. The summed E-state index contributed by atoms with van der Waals surface area (Å²) in [6, 6.07) is 5.69. The minimum absolute atomic E-state index is 0.130. The van der Waals surface area contributed by atoms with Gasteiger partial charge in [-0.2, -0.15) is 0 Å². The van der Waals surface area contributed by atoms with Crippen molar-refractivity contribution >= 4 is 5.91 Å². The lowest BCUT2D eigenvalue weighted by molar-refractivity contribution is -0.131. The Morgan fingerprint density at radius 1 is 1.50 bits per heavy atom. The Bertz CT molecular complexity index is 398. The average Bonchev–Trinajstić information content (AvgIpc) is 2.39. The first-order valence-corrected chi connectivity index (χ1v) is 5.94. The Kier molecular flexibility index (Phi) is 5.58. The van der Waals surface area contributed by atoms with E-state index in [4.69, 9.17) is 10.5 Å². The smallest absolute Gasteiger partial charge is 0.239 e. The second-order valence-corrected chi connectivity index (χ2v) is 4.05. The summed E-state index contributed by atoms with van der Waals surface area (Å²) in [5, 5.41) is 0. The number of ether oxygens (including phenoxy) is 1. The molecule has 0 radical (unpaired) electrons. The Morgan fingerprint density at radius 3 is 2.78 bits per heavy atom. The number of carbonyl (C=O) groups is 1. The van der Waals surface area contributed by atoms with Crippen LogP contribution in [0.4, 0.5) is 4.39 Å². The number of hydrogen-bond acceptors (Lipinski definition) is 3. The number of carbonyl (C=O) groups excluding carboxylic acids is 1. The van der Waals surface area contributed by atoms with E-state index in [-0.39, 0.29) is 18.3 Å². The number of hydrogen-bond donors (Lipinski definition) is 1. The lowest BCUT2D eigenvalue weighted by atomic mass is 10.2. The molecule has 1 rings (SSSR count). The minimum Gasteiger partial charge on any atom is -0.489 e. The van der Waals surface area contributed by atoms with Gasteiger partial charge in [-0.3, -0.25) is 4.79 Å². The van der Waals surface area contributed by atoms with Gasteiger partial charge in [0.15, 0.2) is 11.6 Å². The third-order valence-corrected chi connectivity index (χ3v) is 2.65. The van der Waals surface area contributed by atoms with Crippen molar-refractivity contribution in [3.05, 3.63) is 30.1 Å². The van der Waals surface area contributed by atoms with Gasteiger partial charge >= 0.3 is 0 Å². The molecule has 5 heteroatoms. The second-order valence-electron chi connectivity index (χ2n) is 4.05. The highest BCUT2D eigenvalue weighted by Gasteiger charge is 2.15. The van der Waals surface area contributed by atoms with Crippen LogP contribution in [0.25, 0.3) is 0 Å². The maximum absolute atomic E-state index is 13.2. The monoisotopic (exact) mass is 254 g/mol. The maximum Gasteiger partial charge on any atom is 0.239 e. The number of amides is 1. The van der Waals surface area contributed by atoms with Gasteiger partial charge in [-0.25, -0.2) is 4.39 Å². The van der Waals surface area contributed by atoms with Crippen LogP contribution in [0, 0.1) is 5.82 Å². The zero-order valence-corrected chi connectivity index (χ0v) is 10.7. The number of benzene rings is 1. The lowest BCUT2D eigenvalue weighted by Gasteiger charge is -2.20. The van der Waals surface area contributed by atoms with E-state index >= 15 is 0 Å². The van der Waals surface area contributed by atoms with E-state index in [9.17, 15) is 9.18 Å². The molecule has 0 unspecified atom stereocenters. The van der Waals surface area contributed by atoms with Crippen molar-refractivity contribution < 1.29 is 13.9 Å². The van der Waals surface area contributed by atoms with Crippen LogP contribution in [0.5, 0.6) is 5.75 Å². The molecule has 1 aromatic rings. The first-order valence-electron chi connectivity index (χ1n) is 5.94. The van der Waals surface area contributed by atoms with E-state index in [2.05, 4.69) is 0 Å². The molecule has 1 atom stereocenters. The van der Waals surface area contributed by atoms with Gasteiger partial charge in [0, 0.05) is 7.05 Å². The molecule has 0 bridgehead atoms. The van der Waals surface area contributed by atoms with E-state index in [1.54, 1.807) is 25.2 Å². The molecule has 0 aromatic heterocycles. The van der Waals surface area contributed by atoms with Crippen molar-refractivity contribution in [1.82, 2.24) is 4.90 Å². The van der Waals surface area contributed by atoms with Crippen molar-refractivity contribution in [2.24, 2.45) is 5.73 Å². The highest BCUT2D eigenvalue weighted by Crippen LogP contribution is 2.14. The predicted octanol–water partition coefficient (Wildman–Crippen LogP) is 1.40. The minimum atomic E-state index is -0.483. The van der Waals surface area contributed by atoms with Crippen LogP contribution in [-0.4, -0.2) is 37.0 Å². The molecule has 1 aromatic carbocycles. The third-order valence-electron chi connectivity index (χ3n) is 2.65. The fourth-order valence-electron chi connectivity index (χ4n) is 1.42. The van der Waals surface area contributed by atoms with Crippen molar-refractivity contribution in [2.45, 2.75) is 19.4 Å². The summed E-state index contributed by atoms with van der Waals surface area (Å²) in [7, 11) is 1.66. The Hall–Kier alpha value is -1.62. The first-order chi connectivity index (χ1) is 8.56. The molecule has 0 aliphatic heterocycles. The molecule has 0 saturated heterocycles. The topological polar surface area (TPSA) is 55.6 Å². The molecule has 0 fully saturated rings. The largest absolute Gasteiger partial charge is 0.489 e. The summed E-state index contributed by atoms with van der Waals surface area (Å²) in [6.45, 7) is 2.47. The number of nitrogens with zero attached hydrogens (tertiary/aromatic N) is 1. The van der Waals surface area contributed by atoms with E-state index in [1.165, 1.54) is 11.0 Å². The van der Waals surface area contributed by atoms with Crippen LogP contribution in [0.2, 0.25) is 0 Å². The average molecular weight is 254 g/mol. The van der Waals surface area contributed by atoms with Crippen LogP contribution >= 0.6 is 0 Å². The zero-order chi connectivity index (χ0) is 13.5. The van der Waals surface area contributed by atoms with Gasteiger partial charge in [0.05, 0.1) is 12.6 Å². The summed E-state index contributed by atoms with van der Waals surface area (Å²) in [4.78, 5) is 13.1. The summed E-state index contributed by atoms with van der Waals surface area (Å²) >= 11 is 0. The highest BCUT2D eigenvalue weighted by atomic mass is 19.1. The lowest BCUT2D eigenvalue weighted by Crippen LogP contribution is -2.42. The van der Waals surface area contributed by atoms with Crippen molar-refractivity contribution in [1.29, 1.82) is 0 Å². The summed E-state index contributed by atoms with van der Waals surface area (Å²) in [5.41, 5.74) is 5.63. The van der Waals surface area contributed by atoms with E-state index in [0.717, 1.165) is 0 Å².